The van der Waals surface area contributed by atoms with Gasteiger partial charge in [-0.3, -0.25) is 0 Å². The summed E-state index contributed by atoms with van der Waals surface area (Å²) < 4.78 is 0. The van der Waals surface area contributed by atoms with Crippen LogP contribution in [0.15, 0.2) is 23.1 Å². The van der Waals surface area contributed by atoms with E-state index in [1.165, 1.54) is 29.1 Å². The summed E-state index contributed by atoms with van der Waals surface area (Å²) in [6, 6.07) is 7.67. The predicted molar refractivity (Wildman–Crippen MR) is 73.9 cm³/mol. The molecule has 1 atom stereocenters. The number of thioether (sulfide) groups is 1. The molecule has 0 saturated carbocycles. The van der Waals surface area contributed by atoms with Crippen LogP contribution in [0.2, 0.25) is 0 Å². The molecule has 2 nitrogen and oxygen atoms in total. The number of nitrogens with one attached hydrogen (secondary N) is 2. The summed E-state index contributed by atoms with van der Waals surface area (Å²) in [4.78, 5) is 1.51. The molecule has 1 saturated heterocycles. The van der Waals surface area contributed by atoms with E-state index in [2.05, 4.69) is 28.8 Å². The summed E-state index contributed by atoms with van der Waals surface area (Å²) in [5.74, 6) is 1.29. The van der Waals surface area contributed by atoms with Crippen LogP contribution in [0, 0.1) is 0 Å². The standard InChI is InChI=1S/C14H20N2S/c1-2-12-8-11(3-4-14(12)17-7-1)9-13-10-15-5-6-16-13/h3-4,8,13,15-16H,1-2,5-7,9-10H2. The second-order valence-corrected chi connectivity index (χ2v) is 6.09. The second kappa shape index (κ2) is 5.42. The molecule has 0 amide bonds. The van der Waals surface area contributed by atoms with E-state index in [1.807, 2.05) is 11.8 Å². The third-order valence-corrected chi connectivity index (χ3v) is 4.78. The van der Waals surface area contributed by atoms with Gasteiger partial charge in [-0.05, 0) is 42.2 Å². The number of rotatable bonds is 2. The van der Waals surface area contributed by atoms with Crippen molar-refractivity contribution in [2.24, 2.45) is 0 Å². The van der Waals surface area contributed by atoms with E-state index in [9.17, 15) is 0 Å². The normalized spacial score (nSPS) is 24.4. The van der Waals surface area contributed by atoms with Gasteiger partial charge in [-0.15, -0.1) is 11.8 Å². The minimum Gasteiger partial charge on any atom is -0.314 e. The molecule has 2 aliphatic rings. The summed E-state index contributed by atoms with van der Waals surface area (Å²) in [5.41, 5.74) is 3.06. The highest BCUT2D eigenvalue weighted by Gasteiger charge is 2.14. The molecule has 0 radical (unpaired) electrons. The average Bonchev–Trinajstić information content (AvgIpc) is 2.40. The summed E-state index contributed by atoms with van der Waals surface area (Å²) in [5, 5.41) is 7.03. The lowest BCUT2D eigenvalue weighted by Crippen LogP contribution is -2.49. The predicted octanol–water partition coefficient (Wildman–Crippen LogP) is 1.83. The minimum absolute atomic E-state index is 0.609. The van der Waals surface area contributed by atoms with Crippen molar-refractivity contribution in [3.05, 3.63) is 29.3 Å². The van der Waals surface area contributed by atoms with Crippen LogP contribution >= 0.6 is 11.8 Å². The molecular weight excluding hydrogens is 228 g/mol. The zero-order valence-corrected chi connectivity index (χ0v) is 11.0. The van der Waals surface area contributed by atoms with Crippen molar-refractivity contribution in [3.63, 3.8) is 0 Å². The van der Waals surface area contributed by atoms with Crippen molar-refractivity contribution in [1.29, 1.82) is 0 Å². The fourth-order valence-corrected chi connectivity index (χ4v) is 3.70. The van der Waals surface area contributed by atoms with Crippen molar-refractivity contribution < 1.29 is 0 Å². The van der Waals surface area contributed by atoms with Crippen LogP contribution in [0.5, 0.6) is 0 Å². The molecule has 2 heterocycles. The van der Waals surface area contributed by atoms with Gasteiger partial charge in [0, 0.05) is 30.6 Å². The quantitative estimate of drug-likeness (QED) is 0.835. The van der Waals surface area contributed by atoms with Crippen LogP contribution in [0.1, 0.15) is 17.5 Å². The SMILES string of the molecule is c1cc2c(cc1CC1CNCCN1)CCCS2. The van der Waals surface area contributed by atoms with Gasteiger partial charge < -0.3 is 10.6 Å². The number of aryl methyl sites for hydroxylation is 1. The van der Waals surface area contributed by atoms with Gasteiger partial charge in [-0.25, -0.2) is 0 Å². The Bertz CT molecular complexity index is 386. The zero-order valence-electron chi connectivity index (χ0n) is 10.2. The van der Waals surface area contributed by atoms with Gasteiger partial charge in [0.25, 0.3) is 0 Å². The summed E-state index contributed by atoms with van der Waals surface area (Å²) in [6.45, 7) is 3.31. The van der Waals surface area contributed by atoms with E-state index in [0.29, 0.717) is 6.04 Å². The molecule has 3 rings (SSSR count). The summed E-state index contributed by atoms with van der Waals surface area (Å²) >= 11 is 2.02. The van der Waals surface area contributed by atoms with Gasteiger partial charge in [0.15, 0.2) is 0 Å². The molecule has 0 spiro atoms. The Morgan fingerprint density at radius 1 is 1.29 bits per heavy atom. The van der Waals surface area contributed by atoms with Crippen LogP contribution < -0.4 is 10.6 Å². The van der Waals surface area contributed by atoms with Crippen LogP contribution in [0.25, 0.3) is 0 Å². The molecule has 2 aliphatic heterocycles. The van der Waals surface area contributed by atoms with Crippen LogP contribution in [0.3, 0.4) is 0 Å². The first-order chi connectivity index (χ1) is 8.42. The number of hydrogen-bond donors (Lipinski definition) is 2. The molecule has 92 valence electrons. The maximum atomic E-state index is 3.58. The summed E-state index contributed by atoms with van der Waals surface area (Å²) in [6.07, 6.45) is 3.77. The second-order valence-electron chi connectivity index (χ2n) is 4.95. The van der Waals surface area contributed by atoms with E-state index in [-0.39, 0.29) is 0 Å². The zero-order chi connectivity index (χ0) is 11.5. The molecular formula is C14H20N2S. The van der Waals surface area contributed by atoms with Crippen molar-refractivity contribution >= 4 is 11.8 Å². The van der Waals surface area contributed by atoms with Crippen molar-refractivity contribution in [3.8, 4) is 0 Å². The third kappa shape index (κ3) is 2.84. The maximum Gasteiger partial charge on any atom is 0.0233 e. The third-order valence-electron chi connectivity index (χ3n) is 3.58. The lowest BCUT2D eigenvalue weighted by atomic mass is 10.0. The van der Waals surface area contributed by atoms with Gasteiger partial charge >= 0.3 is 0 Å². The molecule has 1 aromatic rings. The topological polar surface area (TPSA) is 24.1 Å². The first-order valence-electron chi connectivity index (χ1n) is 6.60. The summed E-state index contributed by atoms with van der Waals surface area (Å²) in [7, 11) is 0. The molecule has 1 fully saturated rings. The Morgan fingerprint density at radius 2 is 2.29 bits per heavy atom. The largest absolute Gasteiger partial charge is 0.314 e. The molecule has 3 heteroatoms. The Hall–Kier alpha value is -0.510. The van der Waals surface area contributed by atoms with E-state index in [1.54, 1.807) is 5.56 Å². The maximum absolute atomic E-state index is 3.58. The van der Waals surface area contributed by atoms with Crippen LogP contribution in [-0.2, 0) is 12.8 Å². The van der Waals surface area contributed by atoms with Crippen molar-refractivity contribution in [2.75, 3.05) is 25.4 Å². The van der Waals surface area contributed by atoms with Gasteiger partial charge in [0.1, 0.15) is 0 Å². The van der Waals surface area contributed by atoms with E-state index in [4.69, 9.17) is 0 Å². The van der Waals surface area contributed by atoms with E-state index < -0.39 is 0 Å². The molecule has 1 aromatic carbocycles. The molecule has 17 heavy (non-hydrogen) atoms. The number of benzene rings is 1. The van der Waals surface area contributed by atoms with E-state index in [0.717, 1.165) is 26.1 Å². The number of fused-ring (bicyclic) bond motifs is 1. The highest BCUT2D eigenvalue weighted by atomic mass is 32.2. The number of piperazine rings is 1. The fourth-order valence-electron chi connectivity index (χ4n) is 2.68. The molecule has 1 unspecified atom stereocenters. The highest BCUT2D eigenvalue weighted by molar-refractivity contribution is 7.99. The van der Waals surface area contributed by atoms with Crippen molar-refractivity contribution in [2.45, 2.75) is 30.2 Å². The molecule has 2 N–H and O–H groups in total. The van der Waals surface area contributed by atoms with Crippen molar-refractivity contribution in [1.82, 2.24) is 10.6 Å². The monoisotopic (exact) mass is 248 g/mol. The van der Waals surface area contributed by atoms with Gasteiger partial charge in [0.05, 0.1) is 0 Å². The number of hydrogen-bond acceptors (Lipinski definition) is 3. The van der Waals surface area contributed by atoms with Crippen LogP contribution in [0.4, 0.5) is 0 Å². The van der Waals surface area contributed by atoms with E-state index >= 15 is 0 Å². The molecule has 0 aromatic heterocycles. The average molecular weight is 248 g/mol. The van der Waals surface area contributed by atoms with Gasteiger partial charge in [-0.1, -0.05) is 12.1 Å². The smallest absolute Gasteiger partial charge is 0.0233 e. The lowest BCUT2D eigenvalue weighted by molar-refractivity contribution is 0.416. The lowest BCUT2D eigenvalue weighted by Gasteiger charge is -2.25. The van der Waals surface area contributed by atoms with Gasteiger partial charge in [-0.2, -0.15) is 0 Å². The highest BCUT2D eigenvalue weighted by Crippen LogP contribution is 2.30. The first-order valence-corrected chi connectivity index (χ1v) is 7.59. The Kier molecular flexibility index (Phi) is 3.69. The minimum atomic E-state index is 0.609. The van der Waals surface area contributed by atoms with Crippen LogP contribution in [-0.4, -0.2) is 31.4 Å². The molecule has 0 bridgehead atoms. The molecule has 0 aliphatic carbocycles. The first kappa shape index (κ1) is 11.6. The Labute approximate surface area is 108 Å². The van der Waals surface area contributed by atoms with Gasteiger partial charge in [0.2, 0.25) is 0 Å². The Balaban J connectivity index is 1.70. The fraction of sp³-hybridized carbons (Fsp3) is 0.571. The Morgan fingerprint density at radius 3 is 3.18 bits per heavy atom.